The molecular weight excluding hydrogens is 324 g/mol. The molecule has 0 aliphatic heterocycles. The number of nitro benzene ring substituents is 1. The number of nitro groups is 1. The number of Topliss-reactive ketones (excluding diaryl/α,β-unsaturated/α-hetero) is 1. The molecule has 0 fully saturated rings. The van der Waals surface area contributed by atoms with E-state index in [1.54, 1.807) is 0 Å². The van der Waals surface area contributed by atoms with Crippen LogP contribution in [0.25, 0.3) is 0 Å². The number of benzene rings is 2. The van der Waals surface area contributed by atoms with Gasteiger partial charge in [0.15, 0.2) is 5.78 Å². The van der Waals surface area contributed by atoms with Crippen molar-refractivity contribution in [2.75, 3.05) is 0 Å². The van der Waals surface area contributed by atoms with Crippen molar-refractivity contribution < 1.29 is 19.6 Å². The SMILES string of the molecule is C[C@H](N[C@@H](CC(=O)c1ccc([N+](=O)[O-])cc1)C(=O)O)c1ccccc1. The van der Waals surface area contributed by atoms with E-state index in [9.17, 15) is 24.8 Å². The van der Waals surface area contributed by atoms with E-state index in [4.69, 9.17) is 0 Å². The van der Waals surface area contributed by atoms with Gasteiger partial charge in [0, 0.05) is 30.2 Å². The fourth-order valence-corrected chi connectivity index (χ4v) is 2.43. The van der Waals surface area contributed by atoms with E-state index >= 15 is 0 Å². The number of carboxylic acids is 1. The minimum absolute atomic E-state index is 0.123. The molecule has 0 bridgehead atoms. The summed E-state index contributed by atoms with van der Waals surface area (Å²) in [6.45, 7) is 1.82. The molecule has 2 aromatic carbocycles. The number of carbonyl (C=O) groups excluding carboxylic acids is 1. The Morgan fingerprint density at radius 1 is 1.12 bits per heavy atom. The van der Waals surface area contributed by atoms with Gasteiger partial charge in [-0.25, -0.2) is 0 Å². The van der Waals surface area contributed by atoms with Crippen molar-refractivity contribution >= 4 is 17.4 Å². The van der Waals surface area contributed by atoms with Crippen molar-refractivity contribution in [2.24, 2.45) is 0 Å². The number of nitrogens with zero attached hydrogens (tertiary/aromatic N) is 1. The standard InChI is InChI=1S/C18H18N2O5/c1-12(13-5-3-2-4-6-13)19-16(18(22)23)11-17(21)14-7-9-15(10-8-14)20(24)25/h2-10,12,16,19H,11H2,1H3,(H,22,23)/t12-,16-/m0/s1. The number of hydrogen-bond donors (Lipinski definition) is 2. The molecule has 0 unspecified atom stereocenters. The highest BCUT2D eigenvalue weighted by molar-refractivity contribution is 5.98. The highest BCUT2D eigenvalue weighted by Crippen LogP contribution is 2.16. The molecule has 0 aliphatic rings. The summed E-state index contributed by atoms with van der Waals surface area (Å²) >= 11 is 0. The third-order valence-corrected chi connectivity index (χ3v) is 3.84. The summed E-state index contributed by atoms with van der Waals surface area (Å²) in [5.74, 6) is -1.52. The molecule has 2 atom stereocenters. The van der Waals surface area contributed by atoms with Crippen LogP contribution in [-0.2, 0) is 4.79 Å². The van der Waals surface area contributed by atoms with Crippen LogP contribution in [0.3, 0.4) is 0 Å². The Morgan fingerprint density at radius 3 is 2.24 bits per heavy atom. The zero-order valence-corrected chi connectivity index (χ0v) is 13.6. The lowest BCUT2D eigenvalue weighted by Crippen LogP contribution is -2.40. The van der Waals surface area contributed by atoms with Gasteiger partial charge in [-0.2, -0.15) is 0 Å². The smallest absolute Gasteiger partial charge is 0.321 e. The van der Waals surface area contributed by atoms with E-state index in [1.165, 1.54) is 24.3 Å². The van der Waals surface area contributed by atoms with Crippen molar-refractivity contribution in [3.05, 3.63) is 75.8 Å². The largest absolute Gasteiger partial charge is 0.480 e. The van der Waals surface area contributed by atoms with Gasteiger partial charge in [0.1, 0.15) is 6.04 Å². The van der Waals surface area contributed by atoms with Crippen LogP contribution in [0.2, 0.25) is 0 Å². The van der Waals surface area contributed by atoms with E-state index in [0.717, 1.165) is 5.56 Å². The number of hydrogen-bond acceptors (Lipinski definition) is 5. The summed E-state index contributed by atoms with van der Waals surface area (Å²) in [5, 5.41) is 23.0. The van der Waals surface area contributed by atoms with Gasteiger partial charge >= 0.3 is 5.97 Å². The summed E-state index contributed by atoms with van der Waals surface area (Å²) in [4.78, 5) is 33.8. The summed E-state index contributed by atoms with van der Waals surface area (Å²) in [6.07, 6.45) is -0.246. The predicted octanol–water partition coefficient (Wildman–Crippen LogP) is 2.97. The van der Waals surface area contributed by atoms with Crippen molar-refractivity contribution in [3.8, 4) is 0 Å². The highest BCUT2D eigenvalue weighted by atomic mass is 16.6. The van der Waals surface area contributed by atoms with Gasteiger partial charge in [0.05, 0.1) is 4.92 Å². The fraction of sp³-hybridized carbons (Fsp3) is 0.222. The Morgan fingerprint density at radius 2 is 1.72 bits per heavy atom. The molecular formula is C18H18N2O5. The van der Waals surface area contributed by atoms with Crippen molar-refractivity contribution in [1.29, 1.82) is 0 Å². The molecule has 0 saturated heterocycles. The predicted molar refractivity (Wildman–Crippen MR) is 91.5 cm³/mol. The van der Waals surface area contributed by atoms with E-state index < -0.39 is 22.7 Å². The molecule has 0 amide bonds. The first kappa shape index (κ1) is 18.3. The topological polar surface area (TPSA) is 110 Å². The minimum atomic E-state index is -1.13. The van der Waals surface area contributed by atoms with Crippen LogP contribution in [0.1, 0.15) is 35.3 Å². The Kier molecular flexibility index (Phi) is 5.97. The third-order valence-electron chi connectivity index (χ3n) is 3.84. The first-order valence-corrected chi connectivity index (χ1v) is 7.70. The Balaban J connectivity index is 2.06. The van der Waals surface area contributed by atoms with Gasteiger partial charge in [0.25, 0.3) is 5.69 Å². The van der Waals surface area contributed by atoms with Gasteiger partial charge in [-0.3, -0.25) is 25.0 Å². The lowest BCUT2D eigenvalue weighted by Gasteiger charge is -2.20. The van der Waals surface area contributed by atoms with Gasteiger partial charge < -0.3 is 5.11 Å². The molecule has 0 spiro atoms. The average Bonchev–Trinajstić information content (AvgIpc) is 2.61. The van der Waals surface area contributed by atoms with Crippen molar-refractivity contribution in [2.45, 2.75) is 25.4 Å². The van der Waals surface area contributed by atoms with E-state index in [0.29, 0.717) is 0 Å². The zero-order chi connectivity index (χ0) is 18.4. The van der Waals surface area contributed by atoms with Crippen LogP contribution in [-0.4, -0.2) is 27.8 Å². The molecule has 7 nitrogen and oxygen atoms in total. The number of nitrogens with one attached hydrogen (secondary N) is 1. The zero-order valence-electron chi connectivity index (χ0n) is 13.6. The molecule has 0 aliphatic carbocycles. The normalized spacial score (nSPS) is 13.0. The van der Waals surface area contributed by atoms with Gasteiger partial charge in [-0.1, -0.05) is 30.3 Å². The molecule has 2 rings (SSSR count). The molecule has 25 heavy (non-hydrogen) atoms. The fourth-order valence-electron chi connectivity index (χ4n) is 2.43. The van der Waals surface area contributed by atoms with Crippen LogP contribution in [0.5, 0.6) is 0 Å². The minimum Gasteiger partial charge on any atom is -0.480 e. The maximum absolute atomic E-state index is 12.3. The molecule has 0 saturated carbocycles. The first-order valence-electron chi connectivity index (χ1n) is 7.70. The second-order valence-corrected chi connectivity index (χ2v) is 5.62. The molecule has 130 valence electrons. The molecule has 0 heterocycles. The second kappa shape index (κ2) is 8.16. The highest BCUT2D eigenvalue weighted by Gasteiger charge is 2.24. The number of carboxylic acid groups (broad SMARTS) is 1. The average molecular weight is 342 g/mol. The molecule has 7 heteroatoms. The van der Waals surface area contributed by atoms with E-state index in [-0.39, 0.29) is 23.7 Å². The molecule has 0 radical (unpaired) electrons. The number of aliphatic carboxylic acids is 1. The molecule has 2 aromatic rings. The monoisotopic (exact) mass is 342 g/mol. The van der Waals surface area contributed by atoms with Gasteiger partial charge in [-0.15, -0.1) is 0 Å². The quantitative estimate of drug-likeness (QED) is 0.433. The lowest BCUT2D eigenvalue weighted by molar-refractivity contribution is -0.384. The molecule has 0 aromatic heterocycles. The van der Waals surface area contributed by atoms with E-state index in [1.807, 2.05) is 37.3 Å². The summed E-state index contributed by atoms with van der Waals surface area (Å²) in [5.41, 5.74) is 1.03. The summed E-state index contributed by atoms with van der Waals surface area (Å²) < 4.78 is 0. The van der Waals surface area contributed by atoms with Crippen LogP contribution in [0, 0.1) is 10.1 Å². The lowest BCUT2D eigenvalue weighted by atomic mass is 10.0. The number of carbonyl (C=O) groups is 2. The van der Waals surface area contributed by atoms with Crippen LogP contribution in [0.4, 0.5) is 5.69 Å². The third kappa shape index (κ3) is 4.95. The summed E-state index contributed by atoms with van der Waals surface area (Å²) in [6, 6.07) is 13.1. The van der Waals surface area contributed by atoms with Crippen LogP contribution in [0.15, 0.2) is 54.6 Å². The number of ketones is 1. The van der Waals surface area contributed by atoms with E-state index in [2.05, 4.69) is 5.32 Å². The Labute approximate surface area is 144 Å². The maximum Gasteiger partial charge on any atom is 0.321 e. The van der Waals surface area contributed by atoms with Crippen LogP contribution < -0.4 is 5.32 Å². The Hall–Kier alpha value is -3.06. The van der Waals surface area contributed by atoms with Crippen molar-refractivity contribution in [1.82, 2.24) is 5.32 Å². The summed E-state index contributed by atoms with van der Waals surface area (Å²) in [7, 11) is 0. The maximum atomic E-state index is 12.3. The number of non-ortho nitro benzene ring substituents is 1. The van der Waals surface area contributed by atoms with Crippen LogP contribution >= 0.6 is 0 Å². The van der Waals surface area contributed by atoms with Gasteiger partial charge in [0.2, 0.25) is 0 Å². The molecule has 2 N–H and O–H groups in total. The second-order valence-electron chi connectivity index (χ2n) is 5.62. The number of rotatable bonds is 8. The van der Waals surface area contributed by atoms with Gasteiger partial charge in [-0.05, 0) is 24.6 Å². The first-order chi connectivity index (χ1) is 11.9. The Bertz CT molecular complexity index is 759. The van der Waals surface area contributed by atoms with Crippen molar-refractivity contribution in [3.63, 3.8) is 0 Å².